The second-order valence-corrected chi connectivity index (χ2v) is 11.3. The molecule has 2 aromatic rings. The monoisotopic (exact) mass is 596 g/mol. The molecule has 0 bridgehead atoms. The summed E-state index contributed by atoms with van der Waals surface area (Å²) >= 11 is 18.3. The quantitative estimate of drug-likeness (QED) is 0.434. The molecule has 8 nitrogen and oxygen atoms in total. The smallest absolute Gasteiger partial charge is 0.260 e. The molecule has 2 amide bonds. The highest BCUT2D eigenvalue weighted by atomic mass is 35.5. The number of nitrogens with one attached hydrogen (secondary N) is 1. The SMILES string of the molecule is O=C(NCCN1CCN(Cc2ccc(Cl)c(Cl)c2)CC1)c1ccc(Cl)cc1OCC(=O)N1CCCC(CO)C1. The van der Waals surface area contributed by atoms with Crippen molar-refractivity contribution in [3.63, 3.8) is 0 Å². The summed E-state index contributed by atoms with van der Waals surface area (Å²) in [7, 11) is 0. The van der Waals surface area contributed by atoms with Crippen LogP contribution in [0.25, 0.3) is 0 Å². The van der Waals surface area contributed by atoms with Crippen molar-refractivity contribution >= 4 is 46.6 Å². The summed E-state index contributed by atoms with van der Waals surface area (Å²) in [5, 5.41) is 13.9. The maximum atomic E-state index is 12.9. The lowest BCUT2D eigenvalue weighted by atomic mass is 9.99. The van der Waals surface area contributed by atoms with E-state index in [1.54, 1.807) is 23.1 Å². The number of piperidine rings is 1. The van der Waals surface area contributed by atoms with E-state index < -0.39 is 0 Å². The number of hydrogen-bond donors (Lipinski definition) is 2. The predicted octanol–water partition coefficient (Wildman–Crippen LogP) is 3.80. The maximum Gasteiger partial charge on any atom is 0.260 e. The van der Waals surface area contributed by atoms with Gasteiger partial charge in [0.25, 0.3) is 11.8 Å². The number of ether oxygens (including phenoxy) is 1. The molecule has 2 fully saturated rings. The fourth-order valence-electron chi connectivity index (χ4n) is 4.96. The molecule has 2 heterocycles. The second-order valence-electron chi connectivity index (χ2n) is 10.1. The van der Waals surface area contributed by atoms with E-state index in [9.17, 15) is 14.7 Å². The van der Waals surface area contributed by atoms with Crippen LogP contribution in [0.2, 0.25) is 15.1 Å². The zero-order valence-corrected chi connectivity index (χ0v) is 24.1. The molecule has 0 aliphatic carbocycles. The highest BCUT2D eigenvalue weighted by Gasteiger charge is 2.24. The molecule has 2 saturated heterocycles. The Balaban J connectivity index is 1.21. The number of carbonyl (C=O) groups excluding carboxylic acids is 2. The molecule has 39 heavy (non-hydrogen) atoms. The number of piperazine rings is 1. The molecule has 2 aliphatic rings. The number of halogens is 3. The average molecular weight is 598 g/mol. The molecule has 0 aromatic heterocycles. The Kier molecular flexibility index (Phi) is 11.1. The fourth-order valence-corrected chi connectivity index (χ4v) is 5.45. The minimum absolute atomic E-state index is 0.0671. The molecular weight excluding hydrogens is 563 g/mol. The van der Waals surface area contributed by atoms with Crippen LogP contribution in [-0.4, -0.2) is 97.2 Å². The van der Waals surface area contributed by atoms with Gasteiger partial charge in [-0.2, -0.15) is 0 Å². The van der Waals surface area contributed by atoms with E-state index in [1.165, 1.54) is 0 Å². The number of benzene rings is 2. The van der Waals surface area contributed by atoms with Crippen molar-refractivity contribution in [2.24, 2.45) is 5.92 Å². The molecule has 1 unspecified atom stereocenters. The van der Waals surface area contributed by atoms with Gasteiger partial charge in [0, 0.05) is 70.5 Å². The van der Waals surface area contributed by atoms with Gasteiger partial charge in [-0.1, -0.05) is 40.9 Å². The molecule has 4 rings (SSSR count). The Morgan fingerprint density at radius 1 is 0.974 bits per heavy atom. The Morgan fingerprint density at radius 2 is 1.74 bits per heavy atom. The molecule has 212 valence electrons. The number of carbonyl (C=O) groups is 2. The van der Waals surface area contributed by atoms with Crippen molar-refractivity contribution in [3.05, 3.63) is 62.6 Å². The first-order chi connectivity index (χ1) is 18.8. The first kappa shape index (κ1) is 29.9. The summed E-state index contributed by atoms with van der Waals surface area (Å²) in [5.41, 5.74) is 1.48. The van der Waals surface area contributed by atoms with E-state index in [0.717, 1.165) is 57.7 Å². The van der Waals surface area contributed by atoms with Crippen molar-refractivity contribution < 1.29 is 19.4 Å². The molecule has 1 atom stereocenters. The van der Waals surface area contributed by atoms with Gasteiger partial charge in [0.2, 0.25) is 0 Å². The third-order valence-corrected chi connectivity index (χ3v) is 8.21. The first-order valence-corrected chi connectivity index (χ1v) is 14.4. The molecular formula is C28H35Cl3N4O4. The largest absolute Gasteiger partial charge is 0.483 e. The lowest BCUT2D eigenvalue weighted by molar-refractivity contribution is -0.135. The molecule has 0 saturated carbocycles. The molecule has 0 radical (unpaired) electrons. The Morgan fingerprint density at radius 3 is 2.49 bits per heavy atom. The summed E-state index contributed by atoms with van der Waals surface area (Å²) in [6.45, 7) is 6.74. The number of hydrogen-bond acceptors (Lipinski definition) is 6. The summed E-state index contributed by atoms with van der Waals surface area (Å²) < 4.78 is 5.76. The minimum Gasteiger partial charge on any atom is -0.483 e. The molecule has 2 aliphatic heterocycles. The van der Waals surface area contributed by atoms with E-state index in [-0.39, 0.29) is 36.7 Å². The van der Waals surface area contributed by atoms with Crippen molar-refractivity contribution in [1.82, 2.24) is 20.0 Å². The van der Waals surface area contributed by atoms with E-state index in [0.29, 0.717) is 40.3 Å². The number of aliphatic hydroxyl groups excluding tert-OH is 1. The van der Waals surface area contributed by atoms with E-state index in [4.69, 9.17) is 39.5 Å². The number of rotatable bonds is 10. The van der Waals surface area contributed by atoms with Crippen LogP contribution in [0, 0.1) is 5.92 Å². The van der Waals surface area contributed by atoms with Gasteiger partial charge >= 0.3 is 0 Å². The van der Waals surface area contributed by atoms with Crippen LogP contribution in [0.4, 0.5) is 0 Å². The molecule has 11 heteroatoms. The number of likely N-dealkylation sites (tertiary alicyclic amines) is 1. The van der Waals surface area contributed by atoms with Gasteiger partial charge < -0.3 is 20.1 Å². The zero-order valence-electron chi connectivity index (χ0n) is 21.9. The number of amides is 2. The van der Waals surface area contributed by atoms with E-state index in [2.05, 4.69) is 15.1 Å². The normalized spacial score (nSPS) is 18.7. The van der Waals surface area contributed by atoms with Crippen LogP contribution in [-0.2, 0) is 11.3 Å². The number of aliphatic hydroxyl groups is 1. The predicted molar refractivity (Wildman–Crippen MR) is 154 cm³/mol. The van der Waals surface area contributed by atoms with Crippen LogP contribution >= 0.6 is 34.8 Å². The van der Waals surface area contributed by atoms with Crippen LogP contribution in [0.5, 0.6) is 5.75 Å². The first-order valence-electron chi connectivity index (χ1n) is 13.3. The Labute approximate surface area is 244 Å². The summed E-state index contributed by atoms with van der Waals surface area (Å²) in [6, 6.07) is 10.5. The van der Waals surface area contributed by atoms with Crippen LogP contribution < -0.4 is 10.1 Å². The van der Waals surface area contributed by atoms with Crippen molar-refractivity contribution in [3.8, 4) is 5.75 Å². The summed E-state index contributed by atoms with van der Waals surface area (Å²) in [6.07, 6.45) is 1.77. The van der Waals surface area contributed by atoms with Gasteiger partial charge in [-0.3, -0.25) is 19.4 Å². The fraction of sp³-hybridized carbons (Fsp3) is 0.500. The standard InChI is InChI=1S/C28H35Cl3N4O4/c29-22-4-5-23(26(15-22)39-19-27(37)35-8-1-2-21(17-35)18-36)28(38)32-7-9-33-10-12-34(13-11-33)16-20-3-6-24(30)25(31)14-20/h3-6,14-15,21,36H,1-2,7-13,16-19H2,(H,32,38). The molecule has 2 aromatic carbocycles. The highest BCUT2D eigenvalue weighted by Crippen LogP contribution is 2.25. The van der Waals surface area contributed by atoms with Gasteiger partial charge in [0.15, 0.2) is 6.61 Å². The summed E-state index contributed by atoms with van der Waals surface area (Å²) in [5.74, 6) is -0.0655. The van der Waals surface area contributed by atoms with Crippen LogP contribution in [0.15, 0.2) is 36.4 Å². The van der Waals surface area contributed by atoms with Crippen molar-refractivity contribution in [2.45, 2.75) is 19.4 Å². The maximum absolute atomic E-state index is 12.9. The van der Waals surface area contributed by atoms with Gasteiger partial charge in [0.1, 0.15) is 5.75 Å². The van der Waals surface area contributed by atoms with Crippen molar-refractivity contribution in [2.75, 3.05) is 65.6 Å². The zero-order chi connectivity index (χ0) is 27.8. The molecule has 2 N–H and O–H groups in total. The third-order valence-electron chi connectivity index (χ3n) is 7.24. The minimum atomic E-state index is -0.273. The van der Waals surface area contributed by atoms with Crippen LogP contribution in [0.1, 0.15) is 28.8 Å². The lowest BCUT2D eigenvalue weighted by Crippen LogP contribution is -2.48. The van der Waals surface area contributed by atoms with E-state index >= 15 is 0 Å². The van der Waals surface area contributed by atoms with Gasteiger partial charge in [0.05, 0.1) is 15.6 Å². The topological polar surface area (TPSA) is 85.4 Å². The third kappa shape index (κ3) is 8.71. The molecule has 0 spiro atoms. The average Bonchev–Trinajstić information content (AvgIpc) is 2.94. The lowest BCUT2D eigenvalue weighted by Gasteiger charge is -2.34. The van der Waals surface area contributed by atoms with Crippen molar-refractivity contribution in [1.29, 1.82) is 0 Å². The summed E-state index contributed by atoms with van der Waals surface area (Å²) in [4.78, 5) is 32.0. The van der Waals surface area contributed by atoms with E-state index in [1.807, 2.05) is 18.2 Å². The van der Waals surface area contributed by atoms with Gasteiger partial charge in [-0.15, -0.1) is 0 Å². The highest BCUT2D eigenvalue weighted by molar-refractivity contribution is 6.42. The van der Waals surface area contributed by atoms with Crippen LogP contribution in [0.3, 0.4) is 0 Å². The van der Waals surface area contributed by atoms with Gasteiger partial charge in [-0.05, 0) is 54.7 Å². The number of nitrogens with zero attached hydrogens (tertiary/aromatic N) is 3. The Bertz CT molecular complexity index is 1140. The van der Waals surface area contributed by atoms with Gasteiger partial charge in [-0.25, -0.2) is 0 Å². The second kappa shape index (κ2) is 14.5. The Hall–Kier alpha value is -2.07.